The fraction of sp³-hybridized carbons (Fsp3) is 0.423. The lowest BCUT2D eigenvalue weighted by atomic mass is 9.96. The monoisotopic (exact) mass is 463 g/mol. The van der Waals surface area contributed by atoms with E-state index in [0.717, 1.165) is 11.1 Å². The maximum absolute atomic E-state index is 13.5. The highest BCUT2D eigenvalue weighted by Gasteiger charge is 2.50. The maximum Gasteiger partial charge on any atom is 0.334 e. The quantitative estimate of drug-likeness (QED) is 0.715. The number of carbonyl (C=O) groups excluding carboxylic acids is 3. The van der Waals surface area contributed by atoms with E-state index in [2.05, 4.69) is 5.32 Å². The van der Waals surface area contributed by atoms with E-state index >= 15 is 0 Å². The van der Waals surface area contributed by atoms with Crippen LogP contribution in [0.25, 0.3) is 0 Å². The van der Waals surface area contributed by atoms with E-state index in [1.165, 1.54) is 0 Å². The molecule has 2 aliphatic heterocycles. The van der Waals surface area contributed by atoms with E-state index in [-0.39, 0.29) is 36.9 Å². The van der Waals surface area contributed by atoms with Gasteiger partial charge in [0.25, 0.3) is 0 Å². The van der Waals surface area contributed by atoms with E-state index in [1.807, 2.05) is 74.5 Å². The number of hydrazine groups is 1. The zero-order valence-corrected chi connectivity index (χ0v) is 20.1. The number of rotatable bonds is 6. The number of fused-ring (bicyclic) bond motifs is 1. The van der Waals surface area contributed by atoms with Crippen LogP contribution in [0.15, 0.2) is 60.7 Å². The summed E-state index contributed by atoms with van der Waals surface area (Å²) in [7, 11) is 1.74. The topological polar surface area (TPSA) is 76.2 Å². The molecular weight excluding hydrogens is 430 g/mol. The van der Waals surface area contributed by atoms with Crippen LogP contribution < -0.4 is 5.32 Å². The van der Waals surface area contributed by atoms with Crippen molar-refractivity contribution in [1.29, 1.82) is 0 Å². The van der Waals surface area contributed by atoms with Crippen molar-refractivity contribution in [3.05, 3.63) is 71.8 Å². The Bertz CT molecular complexity index is 1010. The van der Waals surface area contributed by atoms with E-state index in [4.69, 9.17) is 0 Å². The van der Waals surface area contributed by atoms with Gasteiger partial charge in [-0.2, -0.15) is 0 Å². The average molecular weight is 464 g/mol. The van der Waals surface area contributed by atoms with Gasteiger partial charge in [-0.1, -0.05) is 74.5 Å². The average Bonchev–Trinajstić information content (AvgIpc) is 2.81. The molecule has 0 spiro atoms. The minimum atomic E-state index is -0.590. The van der Waals surface area contributed by atoms with Crippen LogP contribution in [0, 0.1) is 5.92 Å². The molecule has 0 unspecified atom stereocenters. The van der Waals surface area contributed by atoms with Gasteiger partial charge in [-0.05, 0) is 23.5 Å². The molecule has 4 amide bonds. The smallest absolute Gasteiger partial charge is 0.333 e. The first-order valence-electron chi connectivity index (χ1n) is 11.8. The van der Waals surface area contributed by atoms with Crippen molar-refractivity contribution in [1.82, 2.24) is 25.1 Å². The lowest BCUT2D eigenvalue weighted by molar-refractivity contribution is -0.188. The van der Waals surface area contributed by atoms with Gasteiger partial charge in [0.05, 0.1) is 13.1 Å². The second-order valence-corrected chi connectivity index (χ2v) is 9.44. The van der Waals surface area contributed by atoms with Crippen molar-refractivity contribution in [2.24, 2.45) is 5.92 Å². The highest BCUT2D eigenvalue weighted by atomic mass is 16.2. The van der Waals surface area contributed by atoms with Crippen molar-refractivity contribution in [2.45, 2.75) is 45.6 Å². The van der Waals surface area contributed by atoms with Crippen LogP contribution in [0.1, 0.15) is 31.4 Å². The molecule has 0 saturated carbocycles. The third-order valence-corrected chi connectivity index (χ3v) is 6.35. The molecule has 0 aromatic heterocycles. The molecule has 1 N–H and O–H groups in total. The molecule has 34 heavy (non-hydrogen) atoms. The minimum absolute atomic E-state index is 0.0514. The Balaban J connectivity index is 1.61. The summed E-state index contributed by atoms with van der Waals surface area (Å²) in [6.07, 6.45) is -0.0116. The standard InChI is InChI=1S/C26H33N5O3/c1-19(2)14-22-25(33)29(16-21-12-8-5-9-13-21)17-23-30(22)24(32)18-28(3)31(23)26(34)27-15-20-10-6-4-7-11-20/h4-13,19,22-23H,14-18H2,1-3H3,(H,27,34)/t22-,23-/m0/s1. The number of benzene rings is 2. The summed E-state index contributed by atoms with van der Waals surface area (Å²) in [6, 6.07) is 18.6. The van der Waals surface area contributed by atoms with Gasteiger partial charge in [0.15, 0.2) is 0 Å². The van der Waals surface area contributed by atoms with Crippen molar-refractivity contribution in [2.75, 3.05) is 20.1 Å². The zero-order valence-electron chi connectivity index (χ0n) is 20.1. The second-order valence-electron chi connectivity index (χ2n) is 9.44. The largest absolute Gasteiger partial charge is 0.334 e. The molecule has 2 aromatic rings. The van der Waals surface area contributed by atoms with Crippen LogP contribution in [0.2, 0.25) is 0 Å². The number of hydrogen-bond donors (Lipinski definition) is 1. The van der Waals surface area contributed by atoms with Crippen LogP contribution in [0.4, 0.5) is 4.79 Å². The third-order valence-electron chi connectivity index (χ3n) is 6.35. The number of nitrogens with one attached hydrogen (secondary N) is 1. The van der Waals surface area contributed by atoms with Crippen molar-refractivity contribution in [3.8, 4) is 0 Å². The van der Waals surface area contributed by atoms with E-state index < -0.39 is 12.2 Å². The lowest BCUT2D eigenvalue weighted by Crippen LogP contribution is -2.75. The van der Waals surface area contributed by atoms with Crippen molar-refractivity contribution in [3.63, 3.8) is 0 Å². The summed E-state index contributed by atoms with van der Waals surface area (Å²) in [5, 5.41) is 6.24. The second kappa shape index (κ2) is 10.3. The summed E-state index contributed by atoms with van der Waals surface area (Å²) in [5.41, 5.74) is 2.01. The number of urea groups is 1. The molecular formula is C26H33N5O3. The SMILES string of the molecule is CC(C)C[C@H]1C(=O)N(Cc2ccccc2)C[C@H]2N1C(=O)CN(C)N2C(=O)NCc1ccccc1. The first-order valence-corrected chi connectivity index (χ1v) is 11.8. The Hall–Kier alpha value is -3.39. The van der Waals surface area contributed by atoms with Crippen LogP contribution in [0.3, 0.4) is 0 Å². The van der Waals surface area contributed by atoms with Gasteiger partial charge in [0.2, 0.25) is 11.8 Å². The number of piperazine rings is 1. The third kappa shape index (κ3) is 5.07. The van der Waals surface area contributed by atoms with E-state index in [9.17, 15) is 14.4 Å². The van der Waals surface area contributed by atoms with Crippen molar-refractivity contribution < 1.29 is 14.4 Å². The van der Waals surface area contributed by atoms with E-state index in [1.54, 1.807) is 26.9 Å². The number of carbonyl (C=O) groups is 3. The Morgan fingerprint density at radius 2 is 1.62 bits per heavy atom. The van der Waals surface area contributed by atoms with Gasteiger partial charge in [-0.3, -0.25) is 9.59 Å². The van der Waals surface area contributed by atoms with Gasteiger partial charge in [0, 0.05) is 20.1 Å². The molecule has 2 aliphatic rings. The van der Waals surface area contributed by atoms with Crippen LogP contribution in [0.5, 0.6) is 0 Å². The van der Waals surface area contributed by atoms with Gasteiger partial charge in [0.1, 0.15) is 12.2 Å². The lowest BCUT2D eigenvalue weighted by Gasteiger charge is -2.54. The van der Waals surface area contributed by atoms with Gasteiger partial charge in [-0.25, -0.2) is 14.8 Å². The first kappa shape index (κ1) is 23.8. The first-order chi connectivity index (χ1) is 16.3. The number of nitrogens with zero attached hydrogens (tertiary/aromatic N) is 4. The predicted molar refractivity (Wildman–Crippen MR) is 129 cm³/mol. The van der Waals surface area contributed by atoms with Gasteiger partial charge < -0.3 is 15.1 Å². The Morgan fingerprint density at radius 3 is 2.24 bits per heavy atom. The molecule has 2 aromatic carbocycles. The highest BCUT2D eigenvalue weighted by molar-refractivity contribution is 5.91. The Morgan fingerprint density at radius 1 is 1.00 bits per heavy atom. The van der Waals surface area contributed by atoms with Crippen LogP contribution in [-0.4, -0.2) is 70.0 Å². The summed E-state index contributed by atoms with van der Waals surface area (Å²) in [6.45, 7) is 5.22. The molecule has 2 atom stereocenters. The summed E-state index contributed by atoms with van der Waals surface area (Å²) in [4.78, 5) is 43.5. The molecule has 0 aliphatic carbocycles. The van der Waals surface area contributed by atoms with Crippen molar-refractivity contribution >= 4 is 17.8 Å². The molecule has 0 bridgehead atoms. The predicted octanol–water partition coefficient (Wildman–Crippen LogP) is 2.67. The fourth-order valence-electron chi connectivity index (χ4n) is 4.78. The summed E-state index contributed by atoms with van der Waals surface area (Å²) in [5.74, 6) is 0.0356. The minimum Gasteiger partial charge on any atom is -0.333 e. The molecule has 8 nitrogen and oxygen atoms in total. The number of amides is 4. The van der Waals surface area contributed by atoms with Crippen LogP contribution in [-0.2, 0) is 22.7 Å². The van der Waals surface area contributed by atoms with Gasteiger partial charge >= 0.3 is 6.03 Å². The molecule has 2 fully saturated rings. The zero-order chi connectivity index (χ0) is 24.2. The molecule has 2 heterocycles. The fourth-order valence-corrected chi connectivity index (χ4v) is 4.78. The number of likely N-dealkylation sites (N-methyl/N-ethyl adjacent to an activating group) is 1. The molecule has 4 rings (SSSR count). The van der Waals surface area contributed by atoms with Crippen LogP contribution >= 0.6 is 0 Å². The van der Waals surface area contributed by atoms with E-state index in [0.29, 0.717) is 19.5 Å². The molecule has 2 saturated heterocycles. The normalized spacial score (nSPS) is 21.1. The Labute approximate surface area is 201 Å². The molecule has 180 valence electrons. The highest BCUT2D eigenvalue weighted by Crippen LogP contribution is 2.29. The maximum atomic E-state index is 13.5. The number of hydrogen-bond acceptors (Lipinski definition) is 4. The summed E-state index contributed by atoms with van der Waals surface area (Å²) < 4.78 is 0. The summed E-state index contributed by atoms with van der Waals surface area (Å²) >= 11 is 0. The van der Waals surface area contributed by atoms with Gasteiger partial charge in [-0.15, -0.1) is 0 Å². The molecule has 8 heteroatoms. The molecule has 0 radical (unpaired) electrons. The Kier molecular flexibility index (Phi) is 7.17.